The summed E-state index contributed by atoms with van der Waals surface area (Å²) < 4.78 is 21.8. The summed E-state index contributed by atoms with van der Waals surface area (Å²) in [6.07, 6.45) is -0.254. The number of phosphoric acid groups is 1. The molecule has 5 atom stereocenters. The molecule has 2 aliphatic heterocycles. The van der Waals surface area contributed by atoms with Gasteiger partial charge in [-0.2, -0.15) is 0 Å². The molecule has 16 heteroatoms. The van der Waals surface area contributed by atoms with E-state index >= 15 is 0 Å². The summed E-state index contributed by atoms with van der Waals surface area (Å²) >= 11 is 0. The van der Waals surface area contributed by atoms with Crippen molar-refractivity contribution in [3.8, 4) is 0 Å². The maximum absolute atomic E-state index is 10.9. The number of ether oxygens (including phenoxy) is 1. The Morgan fingerprint density at radius 2 is 2.03 bits per heavy atom. The van der Waals surface area contributed by atoms with Gasteiger partial charge in [0, 0.05) is 6.54 Å². The highest BCUT2D eigenvalue weighted by atomic mass is 31.2. The Bertz CT molecular complexity index is 1050. The summed E-state index contributed by atoms with van der Waals surface area (Å²) in [4.78, 5) is 41.5. The number of anilines is 1. The summed E-state index contributed by atoms with van der Waals surface area (Å²) in [6.45, 7) is 3.40. The molecule has 2 fully saturated rings. The third-order valence-corrected chi connectivity index (χ3v) is 5.57. The number of nitrogens with zero attached hydrogens (tertiary/aromatic N) is 5. The van der Waals surface area contributed by atoms with E-state index in [1.165, 1.54) is 28.2 Å². The summed E-state index contributed by atoms with van der Waals surface area (Å²) in [5.41, 5.74) is 6.25. The van der Waals surface area contributed by atoms with Gasteiger partial charge in [0.1, 0.15) is 36.4 Å². The van der Waals surface area contributed by atoms with E-state index in [0.29, 0.717) is 18.5 Å². The molecule has 4 heterocycles. The van der Waals surface area contributed by atoms with E-state index in [1.807, 2.05) is 0 Å². The van der Waals surface area contributed by atoms with Crippen molar-refractivity contribution in [2.45, 2.75) is 43.6 Å². The number of aliphatic hydroxyl groups excluding tert-OH is 3. The van der Waals surface area contributed by atoms with Gasteiger partial charge in [0.05, 0.1) is 12.9 Å². The first kappa shape index (κ1) is 25.1. The van der Waals surface area contributed by atoms with Gasteiger partial charge in [-0.25, -0.2) is 19.5 Å². The zero-order chi connectivity index (χ0) is 24.3. The number of nitrogen functional groups attached to an aromatic ring is 1. The SMILES string of the molecule is C=CC(=O)N1CCCC1O.Nc1ncnc2c1ncn2[C@@H]1O[C@H](COP(=O)(O)O)[C@@H](O)[C@H]1O. The number of rotatable bonds is 5. The van der Waals surface area contributed by atoms with E-state index in [1.54, 1.807) is 0 Å². The fraction of sp³-hybridized carbons (Fsp3) is 0.529. The highest BCUT2D eigenvalue weighted by Gasteiger charge is 2.45. The van der Waals surface area contributed by atoms with Gasteiger partial charge < -0.3 is 40.5 Å². The zero-order valence-electron chi connectivity index (χ0n) is 17.3. The molecule has 7 N–H and O–H groups in total. The van der Waals surface area contributed by atoms with Crippen LogP contribution in [0.25, 0.3) is 11.2 Å². The van der Waals surface area contributed by atoms with Crippen LogP contribution in [0.4, 0.5) is 5.82 Å². The minimum absolute atomic E-state index is 0.142. The molecule has 1 unspecified atom stereocenters. The summed E-state index contributed by atoms with van der Waals surface area (Å²) in [5.74, 6) is -0.0341. The van der Waals surface area contributed by atoms with Crippen molar-refractivity contribution in [3.05, 3.63) is 25.3 Å². The van der Waals surface area contributed by atoms with Crippen molar-refractivity contribution >= 4 is 30.7 Å². The number of nitrogens with two attached hydrogens (primary N) is 1. The molecule has 0 saturated carbocycles. The van der Waals surface area contributed by atoms with Gasteiger partial charge in [0.25, 0.3) is 0 Å². The third-order valence-electron chi connectivity index (χ3n) is 5.08. The number of fused-ring (bicyclic) bond motifs is 1. The van der Waals surface area contributed by atoms with Gasteiger partial charge in [-0.15, -0.1) is 0 Å². The highest BCUT2D eigenvalue weighted by Crippen LogP contribution is 2.38. The zero-order valence-corrected chi connectivity index (χ0v) is 18.2. The lowest BCUT2D eigenvalue weighted by Crippen LogP contribution is -2.33. The van der Waals surface area contributed by atoms with Gasteiger partial charge in [-0.3, -0.25) is 13.9 Å². The lowest BCUT2D eigenvalue weighted by atomic mass is 10.1. The monoisotopic (exact) mass is 488 g/mol. The van der Waals surface area contributed by atoms with Gasteiger partial charge >= 0.3 is 7.82 Å². The van der Waals surface area contributed by atoms with Crippen LogP contribution in [0, 0.1) is 0 Å². The van der Waals surface area contributed by atoms with Crippen LogP contribution in [-0.4, -0.2) is 93.1 Å². The largest absolute Gasteiger partial charge is 0.469 e. The molecule has 0 bridgehead atoms. The molecule has 0 spiro atoms. The number of carbonyl (C=O) groups excluding carboxylic acids is 1. The van der Waals surface area contributed by atoms with Crippen molar-refractivity contribution in [3.63, 3.8) is 0 Å². The van der Waals surface area contributed by atoms with E-state index in [4.69, 9.17) is 25.4 Å². The van der Waals surface area contributed by atoms with Crippen molar-refractivity contribution in [1.82, 2.24) is 24.4 Å². The first-order chi connectivity index (χ1) is 15.5. The van der Waals surface area contributed by atoms with Crippen LogP contribution in [0.15, 0.2) is 25.3 Å². The van der Waals surface area contributed by atoms with Crippen molar-refractivity contribution < 1.29 is 43.7 Å². The Balaban J connectivity index is 0.000000257. The lowest BCUT2D eigenvalue weighted by Gasteiger charge is -2.17. The molecule has 0 radical (unpaired) electrons. The van der Waals surface area contributed by atoms with E-state index in [9.17, 15) is 19.6 Å². The second-order valence-corrected chi connectivity index (χ2v) is 8.51. The number of aromatic nitrogens is 4. The summed E-state index contributed by atoms with van der Waals surface area (Å²) in [7, 11) is -4.72. The lowest BCUT2D eigenvalue weighted by molar-refractivity contribution is -0.132. The van der Waals surface area contributed by atoms with Gasteiger partial charge in [-0.1, -0.05) is 6.58 Å². The molecule has 4 rings (SSSR count). The molecule has 0 aliphatic carbocycles. The predicted octanol–water partition coefficient (Wildman–Crippen LogP) is -1.75. The molecule has 33 heavy (non-hydrogen) atoms. The Kier molecular flexibility index (Phi) is 7.76. The molecular weight excluding hydrogens is 463 g/mol. The molecule has 2 aliphatic rings. The van der Waals surface area contributed by atoms with Crippen LogP contribution < -0.4 is 5.73 Å². The normalized spacial score (nSPS) is 27.4. The van der Waals surface area contributed by atoms with Gasteiger partial charge in [0.15, 0.2) is 17.7 Å². The molecular formula is C17H25N6O9P. The number of aliphatic hydroxyl groups is 3. The number of hydrogen-bond acceptors (Lipinski definition) is 11. The Morgan fingerprint density at radius 1 is 1.30 bits per heavy atom. The van der Waals surface area contributed by atoms with Gasteiger partial charge in [0.2, 0.25) is 5.91 Å². The predicted molar refractivity (Wildman–Crippen MR) is 111 cm³/mol. The molecule has 2 saturated heterocycles. The average Bonchev–Trinajstić information content (AvgIpc) is 3.45. The minimum atomic E-state index is -4.72. The average molecular weight is 488 g/mol. The molecule has 1 amide bonds. The fourth-order valence-electron chi connectivity index (χ4n) is 3.45. The maximum atomic E-state index is 10.9. The summed E-state index contributed by atoms with van der Waals surface area (Å²) in [5, 5.41) is 29.2. The topological polar surface area (TPSA) is 227 Å². The highest BCUT2D eigenvalue weighted by molar-refractivity contribution is 7.46. The Labute approximate surface area is 187 Å². The van der Waals surface area contributed by atoms with E-state index in [-0.39, 0.29) is 17.4 Å². The van der Waals surface area contributed by atoms with Gasteiger partial charge in [-0.05, 0) is 18.9 Å². The fourth-order valence-corrected chi connectivity index (χ4v) is 3.79. The standard InChI is InChI=1S/C10H14N5O7P.C7H11NO2/c11-8-5-9(13-2-12-8)15(3-14-5)10-7(17)6(16)4(22-10)1-21-23(18,19)20;1-2-6(9)8-5-3-4-7(8)10/h2-4,6-7,10,16-17H,1H2,(H2,11,12,13)(H2,18,19,20);2,7,10H,1,3-5H2/t4-,6-,7-,10-;/m1./s1. The third kappa shape index (κ3) is 5.72. The molecule has 15 nitrogen and oxygen atoms in total. The van der Waals surface area contributed by atoms with E-state index in [2.05, 4.69) is 26.1 Å². The number of hydrogen-bond donors (Lipinski definition) is 6. The second-order valence-electron chi connectivity index (χ2n) is 7.27. The maximum Gasteiger partial charge on any atom is 0.469 e. The first-order valence-corrected chi connectivity index (χ1v) is 11.3. The number of amides is 1. The molecule has 2 aromatic rings. The number of carbonyl (C=O) groups is 1. The quantitative estimate of drug-likeness (QED) is 0.203. The molecule has 0 aromatic carbocycles. The van der Waals surface area contributed by atoms with Crippen LogP contribution in [0.3, 0.4) is 0 Å². The van der Waals surface area contributed by atoms with Crippen LogP contribution >= 0.6 is 7.82 Å². The Morgan fingerprint density at radius 3 is 2.64 bits per heavy atom. The van der Waals surface area contributed by atoms with Crippen molar-refractivity contribution in [2.75, 3.05) is 18.9 Å². The van der Waals surface area contributed by atoms with Crippen LogP contribution in [-0.2, 0) is 18.6 Å². The van der Waals surface area contributed by atoms with E-state index in [0.717, 1.165) is 6.42 Å². The van der Waals surface area contributed by atoms with Crippen molar-refractivity contribution in [2.24, 2.45) is 0 Å². The van der Waals surface area contributed by atoms with Crippen LogP contribution in [0.5, 0.6) is 0 Å². The molecule has 182 valence electrons. The van der Waals surface area contributed by atoms with E-state index < -0.39 is 45.2 Å². The van der Waals surface area contributed by atoms with Crippen LogP contribution in [0.1, 0.15) is 19.1 Å². The number of likely N-dealkylation sites (tertiary alicyclic amines) is 1. The molecule has 2 aromatic heterocycles. The van der Waals surface area contributed by atoms with Crippen LogP contribution in [0.2, 0.25) is 0 Å². The summed E-state index contributed by atoms with van der Waals surface area (Å²) in [6, 6.07) is 0. The first-order valence-electron chi connectivity index (χ1n) is 9.79. The Hall–Kier alpha value is -2.49. The number of imidazole rings is 1. The second kappa shape index (κ2) is 10.2. The minimum Gasteiger partial charge on any atom is -0.387 e. The smallest absolute Gasteiger partial charge is 0.387 e. The number of phosphoric ester groups is 1. The van der Waals surface area contributed by atoms with Crippen molar-refractivity contribution in [1.29, 1.82) is 0 Å².